The number of nitrogens with zero attached hydrogens (tertiary/aromatic N) is 1. The topological polar surface area (TPSA) is 58.9 Å². The molecule has 0 radical (unpaired) electrons. The number of rotatable bonds is 2. The average molecular weight is 409 g/mol. The second kappa shape index (κ2) is 6.46. The largest absolute Gasteiger partial charge is 0.293 e. The molecule has 1 unspecified atom stereocenters. The molecule has 3 aromatic carbocycles. The number of carbonyl (C=O) groups excluding carboxylic acids is 3. The summed E-state index contributed by atoms with van der Waals surface area (Å²) in [5.41, 5.74) is 2.67. The number of benzene rings is 3. The molecule has 0 aromatic heterocycles. The van der Waals surface area contributed by atoms with Crippen LogP contribution in [0, 0.1) is 11.8 Å². The number of anilines is 1. The smallest absolute Gasteiger partial charge is 0.244 e. The van der Waals surface area contributed by atoms with Gasteiger partial charge in [0.1, 0.15) is 17.9 Å². The number of Topliss-reactive ketones (excluding diaryl/α,β-unsaturated/α-hetero) is 1. The molecular weight excluding hydrogens is 388 g/mol. The summed E-state index contributed by atoms with van der Waals surface area (Å²) < 4.78 is 0. The van der Waals surface area contributed by atoms with Crippen LogP contribution in [-0.2, 0) is 14.4 Å². The molecule has 3 aliphatic heterocycles. The Morgan fingerprint density at radius 3 is 2.42 bits per heavy atom. The molecule has 0 bridgehead atoms. The molecule has 2 fully saturated rings. The third-order valence-corrected chi connectivity index (χ3v) is 7.07. The Hall–Kier alpha value is -3.57. The average Bonchev–Trinajstić information content (AvgIpc) is 3.26. The lowest BCUT2D eigenvalue weighted by atomic mass is 9.84. The Morgan fingerprint density at radius 2 is 1.58 bits per heavy atom. The summed E-state index contributed by atoms with van der Waals surface area (Å²) in [5, 5.41) is 1.83. The molecule has 5 atom stereocenters. The third kappa shape index (κ3) is 2.38. The van der Waals surface area contributed by atoms with Crippen molar-refractivity contribution >= 4 is 40.1 Å². The van der Waals surface area contributed by atoms with Crippen molar-refractivity contribution in [1.82, 2.24) is 0 Å². The van der Waals surface area contributed by atoms with Crippen LogP contribution in [0.5, 0.6) is 0 Å². The predicted molar refractivity (Wildman–Crippen MR) is 117 cm³/mol. The number of fused-ring (bicyclic) bond motifs is 6. The van der Waals surface area contributed by atoms with Gasteiger partial charge in [-0.2, -0.15) is 0 Å². The summed E-state index contributed by atoms with van der Waals surface area (Å²) >= 11 is 0. The quantitative estimate of drug-likeness (QED) is 0.662. The zero-order chi connectivity index (χ0) is 21.3. The first-order valence-electron chi connectivity index (χ1n) is 10.6. The van der Waals surface area contributed by atoms with Gasteiger partial charge in [-0.15, -0.1) is 0 Å². The van der Waals surface area contributed by atoms with E-state index in [0.29, 0.717) is 5.69 Å². The van der Waals surface area contributed by atoms with E-state index in [2.05, 4.69) is 0 Å². The molecule has 0 spiro atoms. The zero-order valence-electron chi connectivity index (χ0n) is 17.0. The first-order chi connectivity index (χ1) is 15.1. The van der Waals surface area contributed by atoms with Gasteiger partial charge in [-0.05, 0) is 23.1 Å². The summed E-state index contributed by atoms with van der Waals surface area (Å²) in [6, 6.07) is 20.6. The molecule has 3 aromatic rings. The van der Waals surface area contributed by atoms with Gasteiger partial charge >= 0.3 is 0 Å². The van der Waals surface area contributed by atoms with Crippen LogP contribution < -0.4 is 9.80 Å². The van der Waals surface area contributed by atoms with Gasteiger partial charge in [0.25, 0.3) is 0 Å². The van der Waals surface area contributed by atoms with Crippen molar-refractivity contribution < 1.29 is 19.3 Å². The molecule has 3 heterocycles. The zero-order valence-corrected chi connectivity index (χ0v) is 17.0. The van der Waals surface area contributed by atoms with E-state index in [-0.39, 0.29) is 23.6 Å². The molecule has 3 aliphatic rings. The van der Waals surface area contributed by atoms with Crippen LogP contribution in [0.1, 0.15) is 24.1 Å². The van der Waals surface area contributed by atoms with Crippen LogP contribution in [0.4, 0.5) is 5.69 Å². The first-order valence-corrected chi connectivity index (χ1v) is 10.6. The van der Waals surface area contributed by atoms with E-state index in [4.69, 9.17) is 0 Å². The second-order valence-corrected chi connectivity index (χ2v) is 8.59. The Labute approximate surface area is 179 Å². The van der Waals surface area contributed by atoms with Gasteiger partial charge in [-0.3, -0.25) is 19.3 Å². The van der Waals surface area contributed by atoms with Crippen LogP contribution >= 0.6 is 0 Å². The molecule has 2 amide bonds. The van der Waals surface area contributed by atoms with Crippen LogP contribution in [0.15, 0.2) is 72.9 Å². The molecule has 2 saturated heterocycles. The number of amides is 2. The van der Waals surface area contributed by atoms with Gasteiger partial charge in [0, 0.05) is 17.9 Å². The van der Waals surface area contributed by atoms with Gasteiger partial charge in [-0.1, -0.05) is 60.7 Å². The van der Waals surface area contributed by atoms with Gasteiger partial charge in [0.05, 0.1) is 11.9 Å². The Balaban J connectivity index is 1.53. The minimum Gasteiger partial charge on any atom is -0.293 e. The molecule has 5 nitrogen and oxygen atoms in total. The van der Waals surface area contributed by atoms with E-state index in [1.54, 1.807) is 0 Å². The van der Waals surface area contributed by atoms with E-state index in [1.165, 1.54) is 11.8 Å². The van der Waals surface area contributed by atoms with Crippen molar-refractivity contribution in [3.8, 4) is 0 Å². The number of quaternary nitrogens is 1. The van der Waals surface area contributed by atoms with Crippen molar-refractivity contribution in [1.29, 1.82) is 0 Å². The molecule has 152 valence electrons. The normalized spacial score (nSPS) is 28.5. The van der Waals surface area contributed by atoms with Crippen molar-refractivity contribution in [2.75, 3.05) is 4.90 Å². The number of nitrogens with one attached hydrogen (secondary N) is 1. The highest BCUT2D eigenvalue weighted by molar-refractivity contribution is 6.26. The summed E-state index contributed by atoms with van der Waals surface area (Å²) in [5.74, 6) is -1.74. The van der Waals surface area contributed by atoms with Crippen LogP contribution in [0.2, 0.25) is 0 Å². The van der Waals surface area contributed by atoms with Crippen LogP contribution in [0.25, 0.3) is 16.8 Å². The lowest BCUT2D eigenvalue weighted by Gasteiger charge is -2.30. The van der Waals surface area contributed by atoms with Gasteiger partial charge in [0.15, 0.2) is 11.8 Å². The second-order valence-electron chi connectivity index (χ2n) is 8.59. The molecule has 0 saturated carbocycles. The van der Waals surface area contributed by atoms with Crippen molar-refractivity contribution in [3.63, 3.8) is 0 Å². The predicted octanol–water partition coefficient (Wildman–Crippen LogP) is 2.53. The maximum absolute atomic E-state index is 13.8. The molecule has 6 rings (SSSR count). The minimum absolute atomic E-state index is 0.0579. The Kier molecular flexibility index (Phi) is 3.80. The standard InChI is InChI=1S/C26H20N2O3/c1-15(29)23-21-22(24-19-11-5-3-8-17(19)13-14-27(23)24)26(31)28(25(21)30)20-12-6-9-16-7-2-4-10-18(16)20/h2-14,21-24H,1H3/p+1/t21-,22+,23-,24-/m1/s1. The third-order valence-electron chi connectivity index (χ3n) is 7.07. The van der Waals surface area contributed by atoms with Crippen molar-refractivity contribution in [3.05, 3.63) is 84.1 Å². The highest BCUT2D eigenvalue weighted by atomic mass is 16.2. The molecular formula is C26H21N2O3+. The fourth-order valence-electron chi connectivity index (χ4n) is 5.86. The van der Waals surface area contributed by atoms with E-state index in [0.717, 1.165) is 26.8 Å². The highest BCUT2D eigenvalue weighted by Crippen LogP contribution is 2.45. The lowest BCUT2D eigenvalue weighted by Crippen LogP contribution is -3.12. The number of hydrogen-bond donors (Lipinski definition) is 1. The minimum atomic E-state index is -0.653. The highest BCUT2D eigenvalue weighted by Gasteiger charge is 2.67. The summed E-state index contributed by atoms with van der Waals surface area (Å²) in [6.07, 6.45) is 3.95. The van der Waals surface area contributed by atoms with E-state index < -0.39 is 17.9 Å². The number of hydrogen-bond acceptors (Lipinski definition) is 3. The lowest BCUT2D eigenvalue weighted by molar-refractivity contribution is -0.884. The van der Waals surface area contributed by atoms with Crippen molar-refractivity contribution in [2.24, 2.45) is 11.8 Å². The van der Waals surface area contributed by atoms with E-state index >= 15 is 0 Å². The fraction of sp³-hybridized carbons (Fsp3) is 0.192. The van der Waals surface area contributed by atoms with Gasteiger partial charge < -0.3 is 0 Å². The maximum Gasteiger partial charge on any atom is 0.244 e. The SMILES string of the molecule is CC(=O)[C@@H]1[C@@H]2C(=O)N(c3cccc4ccccc34)C(=O)[C@@H]2[C@H]2c3ccccc3C=C[NH+]12. The number of ketones is 1. The molecule has 1 N–H and O–H groups in total. The van der Waals surface area contributed by atoms with E-state index in [1.807, 2.05) is 79.0 Å². The molecule has 31 heavy (non-hydrogen) atoms. The number of imide groups is 1. The van der Waals surface area contributed by atoms with E-state index in [9.17, 15) is 14.4 Å². The Morgan fingerprint density at radius 1 is 0.871 bits per heavy atom. The van der Waals surface area contributed by atoms with Gasteiger partial charge in [0.2, 0.25) is 11.8 Å². The van der Waals surface area contributed by atoms with Gasteiger partial charge in [-0.25, -0.2) is 4.90 Å². The van der Waals surface area contributed by atoms with Crippen LogP contribution in [0.3, 0.4) is 0 Å². The summed E-state index contributed by atoms with van der Waals surface area (Å²) in [4.78, 5) is 42.5. The monoisotopic (exact) mass is 409 g/mol. The van der Waals surface area contributed by atoms with Crippen molar-refractivity contribution in [2.45, 2.75) is 19.0 Å². The fourth-order valence-corrected chi connectivity index (χ4v) is 5.86. The molecule has 0 aliphatic carbocycles. The maximum atomic E-state index is 13.8. The first kappa shape index (κ1) is 18.2. The Bertz CT molecular complexity index is 1310. The summed E-state index contributed by atoms with van der Waals surface area (Å²) in [6.45, 7) is 1.53. The van der Waals surface area contributed by atoms with Crippen LogP contribution in [-0.4, -0.2) is 23.6 Å². The summed E-state index contributed by atoms with van der Waals surface area (Å²) in [7, 11) is 0. The number of carbonyl (C=O) groups is 3. The molecule has 5 heteroatoms.